The molecule has 1 aromatic carbocycles. The number of hydrogen-bond acceptors (Lipinski definition) is 6. The lowest BCUT2D eigenvalue weighted by Crippen LogP contribution is -2.64. The average molecular weight is 416 g/mol. The first-order chi connectivity index (χ1) is 13.9. The minimum atomic E-state index is -0.485. The quantitative estimate of drug-likeness (QED) is 0.342. The predicted octanol–water partition coefficient (Wildman–Crippen LogP) is 3.88. The van der Waals surface area contributed by atoms with Gasteiger partial charge in [-0.05, 0) is 38.3 Å². The molecule has 0 amide bonds. The van der Waals surface area contributed by atoms with Gasteiger partial charge >= 0.3 is 5.97 Å². The van der Waals surface area contributed by atoms with Gasteiger partial charge in [0.25, 0.3) is 0 Å². The lowest BCUT2D eigenvalue weighted by Gasteiger charge is -2.12. The van der Waals surface area contributed by atoms with Crippen LogP contribution in [-0.2, 0) is 11.2 Å². The van der Waals surface area contributed by atoms with E-state index < -0.39 is 12.0 Å². The molecule has 154 valence electrons. The van der Waals surface area contributed by atoms with Gasteiger partial charge in [-0.3, -0.25) is 4.79 Å². The zero-order valence-electron chi connectivity index (χ0n) is 17.1. The number of quaternary nitrogens is 1. The molecule has 2 heterocycles. The van der Waals surface area contributed by atoms with Crippen LogP contribution in [0.4, 0.5) is 0 Å². The van der Waals surface area contributed by atoms with E-state index in [1.54, 1.807) is 19.1 Å². The highest BCUT2D eigenvalue weighted by molar-refractivity contribution is 7.13. The molecule has 0 saturated heterocycles. The molecule has 0 radical (unpaired) electrons. The zero-order valence-corrected chi connectivity index (χ0v) is 17.9. The zero-order chi connectivity index (χ0) is 21.0. The fourth-order valence-corrected chi connectivity index (χ4v) is 3.87. The lowest BCUT2D eigenvalue weighted by atomic mass is 10.0. The Morgan fingerprint density at radius 2 is 2.10 bits per heavy atom. The van der Waals surface area contributed by atoms with Crippen LogP contribution in [0.5, 0.6) is 5.75 Å². The standard InChI is InChI=1S/C22H26N2O4S/c1-4-5-6-7-8-15-9-16-19(10-18(15)28-22(26)14(3)23)27-11-17(20(16)25)21-24-13(2)12-29-21/h9-12,14H,4-8,23H2,1-3H3/p+1. The van der Waals surface area contributed by atoms with Crippen molar-refractivity contribution in [3.8, 4) is 16.3 Å². The highest BCUT2D eigenvalue weighted by atomic mass is 32.1. The Hall–Kier alpha value is -2.51. The molecule has 0 aliphatic heterocycles. The highest BCUT2D eigenvalue weighted by Gasteiger charge is 2.19. The smallest absolute Gasteiger partial charge is 0.369 e. The Morgan fingerprint density at radius 3 is 2.76 bits per heavy atom. The summed E-state index contributed by atoms with van der Waals surface area (Å²) in [6, 6.07) is 2.96. The summed E-state index contributed by atoms with van der Waals surface area (Å²) in [5.41, 5.74) is 6.14. The van der Waals surface area contributed by atoms with Crippen LogP contribution >= 0.6 is 11.3 Å². The highest BCUT2D eigenvalue weighted by Crippen LogP contribution is 2.29. The summed E-state index contributed by atoms with van der Waals surface area (Å²) in [5, 5.41) is 3.02. The van der Waals surface area contributed by atoms with Crippen LogP contribution in [0.15, 0.2) is 33.0 Å². The Kier molecular flexibility index (Phi) is 6.82. The second-order valence-electron chi connectivity index (χ2n) is 7.36. The van der Waals surface area contributed by atoms with E-state index in [2.05, 4.69) is 17.6 Å². The maximum Gasteiger partial charge on any atom is 0.369 e. The van der Waals surface area contributed by atoms with Gasteiger partial charge in [-0.15, -0.1) is 11.3 Å². The van der Waals surface area contributed by atoms with Crippen LogP contribution in [0.25, 0.3) is 21.5 Å². The molecule has 3 rings (SSSR count). The number of carbonyl (C=O) groups is 1. The number of unbranched alkanes of at least 4 members (excludes halogenated alkanes) is 3. The van der Waals surface area contributed by atoms with E-state index in [0.717, 1.165) is 43.4 Å². The Morgan fingerprint density at radius 1 is 1.31 bits per heavy atom. The van der Waals surface area contributed by atoms with Gasteiger partial charge in [0.1, 0.15) is 22.6 Å². The first kappa shape index (κ1) is 21.2. The van der Waals surface area contributed by atoms with Gasteiger partial charge in [-0.2, -0.15) is 0 Å². The van der Waals surface area contributed by atoms with Gasteiger partial charge in [0.05, 0.1) is 10.9 Å². The van der Waals surface area contributed by atoms with E-state index in [1.807, 2.05) is 12.3 Å². The number of thiazole rings is 1. The summed E-state index contributed by atoms with van der Waals surface area (Å²) in [4.78, 5) is 29.6. The molecule has 0 fully saturated rings. The summed E-state index contributed by atoms with van der Waals surface area (Å²) < 4.78 is 11.3. The number of rotatable bonds is 8. The average Bonchev–Trinajstić information content (AvgIpc) is 3.12. The fraction of sp³-hybridized carbons (Fsp3) is 0.409. The molecule has 7 heteroatoms. The summed E-state index contributed by atoms with van der Waals surface area (Å²) >= 11 is 1.42. The number of fused-ring (bicyclic) bond motifs is 1. The SMILES string of the molecule is CCCCCCc1cc2c(=O)c(-c3nc(C)cs3)coc2cc1OC(=O)C(C)[NH3+]. The molecule has 0 spiro atoms. The lowest BCUT2D eigenvalue weighted by molar-refractivity contribution is -0.401. The topological polar surface area (TPSA) is 97.0 Å². The second kappa shape index (κ2) is 9.33. The van der Waals surface area contributed by atoms with Gasteiger partial charge in [-0.1, -0.05) is 26.2 Å². The number of aromatic nitrogens is 1. The van der Waals surface area contributed by atoms with E-state index in [1.165, 1.54) is 17.6 Å². The summed E-state index contributed by atoms with van der Waals surface area (Å²) in [5.74, 6) is 0.0341. The van der Waals surface area contributed by atoms with Crippen LogP contribution < -0.4 is 15.9 Å². The molecule has 0 saturated carbocycles. The molecule has 2 aromatic heterocycles. The van der Waals surface area contributed by atoms with Crippen molar-refractivity contribution in [1.29, 1.82) is 0 Å². The molecule has 29 heavy (non-hydrogen) atoms. The van der Waals surface area contributed by atoms with Crippen LogP contribution in [0.1, 0.15) is 50.8 Å². The number of carbonyl (C=O) groups excluding carboxylic acids is 1. The van der Waals surface area contributed by atoms with Crippen molar-refractivity contribution in [2.75, 3.05) is 0 Å². The predicted molar refractivity (Wildman–Crippen MR) is 114 cm³/mol. The van der Waals surface area contributed by atoms with Gasteiger partial charge < -0.3 is 14.9 Å². The summed E-state index contributed by atoms with van der Waals surface area (Å²) in [6.45, 7) is 5.74. The van der Waals surface area contributed by atoms with Gasteiger partial charge in [0, 0.05) is 17.1 Å². The largest absolute Gasteiger partial charge is 0.463 e. The maximum absolute atomic E-state index is 13.1. The molecule has 3 N–H and O–H groups in total. The third-order valence-corrected chi connectivity index (χ3v) is 5.71. The van der Waals surface area contributed by atoms with E-state index >= 15 is 0 Å². The molecule has 0 bridgehead atoms. The molecular weight excluding hydrogens is 388 g/mol. The van der Waals surface area contributed by atoms with Crippen molar-refractivity contribution in [2.45, 2.75) is 58.9 Å². The number of benzene rings is 1. The van der Waals surface area contributed by atoms with Crippen LogP contribution in [0, 0.1) is 6.92 Å². The van der Waals surface area contributed by atoms with Gasteiger partial charge in [0.15, 0.2) is 6.04 Å². The van der Waals surface area contributed by atoms with Crippen molar-refractivity contribution in [1.82, 2.24) is 4.98 Å². The Balaban J connectivity index is 2.05. The third kappa shape index (κ3) is 4.92. The Bertz CT molecular complexity index is 1070. The molecule has 6 nitrogen and oxygen atoms in total. The first-order valence-corrected chi connectivity index (χ1v) is 10.8. The van der Waals surface area contributed by atoms with E-state index in [9.17, 15) is 9.59 Å². The second-order valence-corrected chi connectivity index (χ2v) is 8.22. The molecule has 1 atom stereocenters. The van der Waals surface area contributed by atoms with Gasteiger partial charge in [0.2, 0.25) is 5.43 Å². The van der Waals surface area contributed by atoms with E-state index in [0.29, 0.717) is 27.3 Å². The number of aryl methyl sites for hydroxylation is 2. The molecule has 0 aliphatic rings. The van der Waals surface area contributed by atoms with Crippen molar-refractivity contribution in [3.05, 3.63) is 45.3 Å². The first-order valence-electron chi connectivity index (χ1n) is 9.96. The van der Waals surface area contributed by atoms with Crippen LogP contribution in [0.2, 0.25) is 0 Å². The van der Waals surface area contributed by atoms with Crippen molar-refractivity contribution in [3.63, 3.8) is 0 Å². The van der Waals surface area contributed by atoms with Crippen molar-refractivity contribution < 1.29 is 19.7 Å². The summed E-state index contributed by atoms with van der Waals surface area (Å²) in [7, 11) is 0. The molecular formula is C22H27N2O4S+. The minimum absolute atomic E-state index is 0.126. The van der Waals surface area contributed by atoms with E-state index in [4.69, 9.17) is 9.15 Å². The Labute approximate surface area is 173 Å². The van der Waals surface area contributed by atoms with Crippen molar-refractivity contribution in [2.24, 2.45) is 0 Å². The summed E-state index contributed by atoms with van der Waals surface area (Å²) in [6.07, 6.45) is 6.48. The minimum Gasteiger partial charge on any atom is -0.463 e. The molecule has 3 aromatic rings. The van der Waals surface area contributed by atoms with Crippen LogP contribution in [0.3, 0.4) is 0 Å². The monoisotopic (exact) mass is 415 g/mol. The number of ether oxygens (including phenoxy) is 1. The third-order valence-electron chi connectivity index (χ3n) is 4.72. The normalized spacial score (nSPS) is 12.3. The molecule has 1 unspecified atom stereocenters. The van der Waals surface area contributed by atoms with Crippen LogP contribution in [-0.4, -0.2) is 17.0 Å². The number of hydrogen-bond donors (Lipinski definition) is 1. The van der Waals surface area contributed by atoms with Gasteiger partial charge in [-0.25, -0.2) is 9.78 Å². The number of esters is 1. The number of nitrogens with zero attached hydrogens (tertiary/aromatic N) is 1. The molecule has 0 aliphatic carbocycles. The maximum atomic E-state index is 13.1. The fourth-order valence-electron chi connectivity index (χ4n) is 3.07. The van der Waals surface area contributed by atoms with Crippen molar-refractivity contribution >= 4 is 28.3 Å². The van der Waals surface area contributed by atoms with E-state index in [-0.39, 0.29) is 5.43 Å².